The quantitative estimate of drug-likeness (QED) is 0.489. The lowest BCUT2D eigenvalue weighted by atomic mass is 10.4. The fourth-order valence-corrected chi connectivity index (χ4v) is 8.54. The normalized spacial score (nSPS) is 13.8. The van der Waals surface area contributed by atoms with E-state index < -0.39 is 60.9 Å². The van der Waals surface area contributed by atoms with E-state index >= 15 is 0 Å². The van der Waals surface area contributed by atoms with Crippen LogP contribution in [0.5, 0.6) is 0 Å². The van der Waals surface area contributed by atoms with Crippen molar-refractivity contribution >= 4 is 40.1 Å². The van der Waals surface area contributed by atoms with Crippen molar-refractivity contribution in [1.29, 1.82) is 0 Å². The van der Waals surface area contributed by atoms with Crippen LogP contribution in [0.2, 0.25) is 0 Å². The topological polar surface area (TPSA) is 161 Å². The van der Waals surface area contributed by atoms with Crippen LogP contribution in [-0.4, -0.2) is 44.7 Å². The first-order valence-electron chi connectivity index (χ1n) is 7.60. The zero-order valence-corrected chi connectivity index (χ0v) is 17.9. The first-order chi connectivity index (χ1) is 13.6. The van der Waals surface area contributed by atoms with Crippen LogP contribution < -0.4 is 8.25 Å². The fraction of sp³-hybridized carbons (Fsp3) is 0.143. The summed E-state index contributed by atoms with van der Waals surface area (Å²) in [7, 11) is -21.4. The summed E-state index contributed by atoms with van der Waals surface area (Å²) in [5.41, 5.74) is 0. The maximum Gasteiger partial charge on any atom is 0.375 e. The van der Waals surface area contributed by atoms with Crippen molar-refractivity contribution < 1.29 is 42.5 Å². The third kappa shape index (κ3) is 5.79. The van der Waals surface area contributed by atoms with Gasteiger partial charge in [0.1, 0.15) is 5.75 Å². The monoisotopic (exact) mass is 504 g/mol. The Morgan fingerprint density at radius 3 is 1.40 bits per heavy atom. The Kier molecular flexibility index (Phi) is 6.70. The molecular weight excluding hydrogens is 490 g/mol. The maximum atomic E-state index is 14.2. The highest BCUT2D eigenvalue weighted by Crippen LogP contribution is 2.25. The zero-order valence-electron chi connectivity index (χ0n) is 14.6. The van der Waals surface area contributed by atoms with E-state index in [4.69, 9.17) is 0 Å². The van der Waals surface area contributed by atoms with Crippen LogP contribution in [0.3, 0.4) is 0 Å². The van der Waals surface area contributed by atoms with Crippen LogP contribution in [-0.2, 0) is 40.1 Å². The third-order valence-electron chi connectivity index (χ3n) is 3.31. The van der Waals surface area contributed by atoms with E-state index in [1.54, 1.807) is 0 Å². The second kappa shape index (κ2) is 8.27. The van der Waals surface area contributed by atoms with E-state index in [0.29, 0.717) is 0 Å². The molecule has 0 saturated heterocycles. The fourth-order valence-electron chi connectivity index (χ4n) is 2.00. The van der Waals surface area contributed by atoms with Gasteiger partial charge in [-0.15, -0.1) is 4.13 Å². The van der Waals surface area contributed by atoms with E-state index in [1.165, 1.54) is 36.4 Å². The van der Waals surface area contributed by atoms with Gasteiger partial charge in [-0.1, -0.05) is 40.5 Å². The van der Waals surface area contributed by atoms with Gasteiger partial charge in [0, 0.05) is 0 Å². The van der Waals surface area contributed by atoms with Crippen LogP contribution in [0.15, 0.2) is 70.5 Å². The molecule has 0 bridgehead atoms. The number of nitrogens with one attached hydrogen (secondary N) is 2. The molecule has 0 unspecified atom stereocenters. The largest absolute Gasteiger partial charge is 0.375 e. The highest BCUT2D eigenvalue weighted by atomic mass is 32.3. The standard InChI is InChI=1S/C14H14F2N2O8S4/c15-14(16,30(25,26)18-29(23,24)13-9-5-2-6-10-13)11-27(19,20)17-28(21,22)12-7-3-1-4-8-12/h1-10,17-18H,11H2. The number of alkyl halides is 2. The number of halogens is 2. The summed E-state index contributed by atoms with van der Waals surface area (Å²) in [4.78, 5) is -1.25. The lowest BCUT2D eigenvalue weighted by molar-refractivity contribution is 0.116. The first kappa shape index (κ1) is 24.3. The molecule has 0 atom stereocenters. The van der Waals surface area contributed by atoms with Gasteiger partial charge in [-0.2, -0.15) is 8.78 Å². The van der Waals surface area contributed by atoms with Crippen LogP contribution in [0.1, 0.15) is 0 Å². The van der Waals surface area contributed by atoms with Gasteiger partial charge >= 0.3 is 5.25 Å². The van der Waals surface area contributed by atoms with Crippen molar-refractivity contribution in [3.05, 3.63) is 60.7 Å². The summed E-state index contributed by atoms with van der Waals surface area (Å²) in [6.45, 7) is 0. The number of hydrogen-bond donors (Lipinski definition) is 2. The predicted octanol–water partition coefficient (Wildman–Crippen LogP) is 0.196. The van der Waals surface area contributed by atoms with E-state index in [2.05, 4.69) is 0 Å². The van der Waals surface area contributed by atoms with E-state index in [9.17, 15) is 42.5 Å². The molecule has 0 spiro atoms. The number of sulfonamides is 4. The molecule has 30 heavy (non-hydrogen) atoms. The number of hydrogen-bond acceptors (Lipinski definition) is 8. The smallest absolute Gasteiger partial charge is 0.211 e. The molecular formula is C14H14F2N2O8S4. The van der Waals surface area contributed by atoms with Gasteiger partial charge in [-0.3, -0.25) is 0 Å². The van der Waals surface area contributed by atoms with E-state index in [-0.39, 0.29) is 0 Å². The lowest BCUT2D eigenvalue weighted by Crippen LogP contribution is -2.49. The molecule has 16 heteroatoms. The number of benzene rings is 2. The van der Waals surface area contributed by atoms with Crippen LogP contribution in [0, 0.1) is 0 Å². The molecule has 0 aromatic heterocycles. The van der Waals surface area contributed by atoms with Gasteiger partial charge < -0.3 is 0 Å². The molecule has 0 saturated carbocycles. The Labute approximate surface area is 172 Å². The van der Waals surface area contributed by atoms with Crippen LogP contribution >= 0.6 is 0 Å². The first-order valence-corrected chi connectivity index (χ1v) is 13.7. The van der Waals surface area contributed by atoms with Crippen molar-refractivity contribution in [1.82, 2.24) is 8.25 Å². The zero-order chi connectivity index (χ0) is 22.8. The van der Waals surface area contributed by atoms with Gasteiger partial charge in [-0.05, 0) is 24.3 Å². The molecule has 0 aliphatic carbocycles. The minimum atomic E-state index is -6.10. The summed E-state index contributed by atoms with van der Waals surface area (Å²) < 4.78 is 126. The predicted molar refractivity (Wildman–Crippen MR) is 101 cm³/mol. The average molecular weight is 505 g/mol. The summed E-state index contributed by atoms with van der Waals surface area (Å²) in [6, 6.07) is 11.4. The van der Waals surface area contributed by atoms with Crippen molar-refractivity contribution in [2.45, 2.75) is 15.0 Å². The molecule has 2 N–H and O–H groups in total. The van der Waals surface area contributed by atoms with Gasteiger partial charge in [0.15, 0.2) is 0 Å². The summed E-state index contributed by atoms with van der Waals surface area (Å²) in [5.74, 6) is -2.55. The minimum Gasteiger partial charge on any atom is -0.211 e. The lowest BCUT2D eigenvalue weighted by Gasteiger charge is -2.18. The summed E-state index contributed by atoms with van der Waals surface area (Å²) in [5, 5.41) is -5.20. The molecule has 0 amide bonds. The molecule has 0 radical (unpaired) electrons. The molecule has 2 aromatic carbocycles. The Morgan fingerprint density at radius 1 is 0.633 bits per heavy atom. The van der Waals surface area contributed by atoms with Crippen LogP contribution in [0.4, 0.5) is 8.78 Å². The highest BCUT2D eigenvalue weighted by Gasteiger charge is 2.51. The molecule has 0 aliphatic rings. The Morgan fingerprint density at radius 2 is 1.00 bits per heavy atom. The molecule has 0 fully saturated rings. The maximum absolute atomic E-state index is 14.2. The van der Waals surface area contributed by atoms with E-state index in [1.807, 2.05) is 0 Å². The Hall–Kier alpha value is -1.98. The van der Waals surface area contributed by atoms with Gasteiger partial charge in [-0.25, -0.2) is 33.7 Å². The van der Waals surface area contributed by atoms with Crippen LogP contribution in [0.25, 0.3) is 0 Å². The Bertz CT molecular complexity index is 1330. The van der Waals surface area contributed by atoms with Gasteiger partial charge in [0.05, 0.1) is 9.79 Å². The highest BCUT2D eigenvalue weighted by molar-refractivity contribution is 8.07. The van der Waals surface area contributed by atoms with Crippen molar-refractivity contribution in [3.8, 4) is 0 Å². The summed E-state index contributed by atoms with van der Waals surface area (Å²) in [6.07, 6.45) is 0. The molecule has 2 aromatic rings. The molecule has 10 nitrogen and oxygen atoms in total. The van der Waals surface area contributed by atoms with Crippen molar-refractivity contribution in [3.63, 3.8) is 0 Å². The molecule has 0 aliphatic heterocycles. The second-order valence-corrected chi connectivity index (χ2v) is 13.1. The van der Waals surface area contributed by atoms with E-state index in [0.717, 1.165) is 32.5 Å². The van der Waals surface area contributed by atoms with Gasteiger partial charge in [0.25, 0.3) is 30.1 Å². The van der Waals surface area contributed by atoms with Crippen molar-refractivity contribution in [2.75, 3.05) is 5.75 Å². The number of rotatable bonds is 9. The molecule has 166 valence electrons. The second-order valence-electron chi connectivity index (χ2n) is 5.70. The minimum absolute atomic E-state index is 0.579. The third-order valence-corrected chi connectivity index (χ3v) is 10.6. The Balaban J connectivity index is 2.27. The molecule has 0 heterocycles. The average Bonchev–Trinajstić information content (AvgIpc) is 2.60. The summed E-state index contributed by atoms with van der Waals surface area (Å²) >= 11 is 0. The van der Waals surface area contributed by atoms with Gasteiger partial charge in [0.2, 0.25) is 10.0 Å². The van der Waals surface area contributed by atoms with Crippen molar-refractivity contribution in [2.24, 2.45) is 0 Å². The molecule has 2 rings (SSSR count). The SMILES string of the molecule is O=S(=O)(CC(F)(F)S(=O)(=O)NS(=O)(=O)c1ccccc1)NS(=O)(=O)c1ccccc1.